The molecule has 0 bridgehead atoms. The van der Waals surface area contributed by atoms with Crippen LogP contribution < -0.4 is 5.73 Å². The molecule has 94 valence electrons. The van der Waals surface area contributed by atoms with E-state index in [0.29, 0.717) is 18.5 Å². The summed E-state index contributed by atoms with van der Waals surface area (Å²) in [6, 6.07) is 1.23. The molecule has 0 unspecified atom stereocenters. The number of carbonyl (C=O) groups is 1. The highest BCUT2D eigenvalue weighted by Gasteiger charge is 2.19. The van der Waals surface area contributed by atoms with Crippen LogP contribution in [0.15, 0.2) is 18.5 Å². The molecule has 0 aromatic carbocycles. The predicted octanol–water partition coefficient (Wildman–Crippen LogP) is 2.56. The second-order valence-electron chi connectivity index (χ2n) is 5.02. The van der Waals surface area contributed by atoms with Crippen molar-refractivity contribution >= 4 is 5.78 Å². The van der Waals surface area contributed by atoms with Crippen LogP contribution in [0, 0.1) is 11.2 Å². The molecule has 1 heterocycles. The van der Waals surface area contributed by atoms with Gasteiger partial charge >= 0.3 is 0 Å². The summed E-state index contributed by atoms with van der Waals surface area (Å²) in [5.74, 6) is -0.542. The monoisotopic (exact) mass is 238 g/mol. The van der Waals surface area contributed by atoms with Crippen LogP contribution in [0.1, 0.15) is 43.5 Å². The van der Waals surface area contributed by atoms with E-state index in [1.807, 2.05) is 0 Å². The Hall–Kier alpha value is -1.29. The molecule has 1 rings (SSSR count). The van der Waals surface area contributed by atoms with E-state index >= 15 is 0 Å². The molecule has 0 atom stereocenters. The van der Waals surface area contributed by atoms with Gasteiger partial charge in [0.05, 0.1) is 6.20 Å². The fourth-order valence-corrected chi connectivity index (χ4v) is 1.68. The highest BCUT2D eigenvalue weighted by atomic mass is 19.1. The van der Waals surface area contributed by atoms with E-state index in [0.717, 1.165) is 19.0 Å². The molecule has 0 aliphatic carbocycles. The lowest BCUT2D eigenvalue weighted by atomic mass is 9.83. The van der Waals surface area contributed by atoms with Crippen LogP contribution in [0.3, 0.4) is 0 Å². The molecular formula is C13H19FN2O. The second kappa shape index (κ2) is 5.87. The van der Waals surface area contributed by atoms with Gasteiger partial charge in [-0.2, -0.15) is 0 Å². The molecule has 4 heteroatoms. The zero-order valence-corrected chi connectivity index (χ0v) is 10.4. The Morgan fingerprint density at radius 2 is 2.12 bits per heavy atom. The number of pyridine rings is 1. The minimum atomic E-state index is -0.475. The third-order valence-corrected chi connectivity index (χ3v) is 2.88. The number of carbonyl (C=O) groups excluding carboxylic acids is 1. The first-order chi connectivity index (χ1) is 7.94. The summed E-state index contributed by atoms with van der Waals surface area (Å²) in [5, 5.41) is 0. The first-order valence-corrected chi connectivity index (χ1v) is 5.78. The van der Waals surface area contributed by atoms with Crippen LogP contribution in [0.5, 0.6) is 0 Å². The molecule has 17 heavy (non-hydrogen) atoms. The third kappa shape index (κ3) is 4.61. The van der Waals surface area contributed by atoms with Gasteiger partial charge in [0.2, 0.25) is 0 Å². The summed E-state index contributed by atoms with van der Waals surface area (Å²) in [5.41, 5.74) is 5.90. The number of ketones is 1. The van der Waals surface area contributed by atoms with E-state index in [4.69, 9.17) is 5.73 Å². The molecule has 0 spiro atoms. The molecule has 0 aliphatic heterocycles. The van der Waals surface area contributed by atoms with Gasteiger partial charge in [0.15, 0.2) is 5.78 Å². The fourth-order valence-electron chi connectivity index (χ4n) is 1.68. The van der Waals surface area contributed by atoms with Gasteiger partial charge in [0, 0.05) is 18.2 Å². The molecule has 0 radical (unpaired) electrons. The van der Waals surface area contributed by atoms with E-state index in [2.05, 4.69) is 18.8 Å². The van der Waals surface area contributed by atoms with Crippen molar-refractivity contribution in [3.8, 4) is 0 Å². The maximum Gasteiger partial charge on any atom is 0.164 e. The lowest BCUT2D eigenvalue weighted by molar-refractivity contribution is 0.0961. The van der Waals surface area contributed by atoms with Crippen molar-refractivity contribution < 1.29 is 9.18 Å². The first-order valence-electron chi connectivity index (χ1n) is 5.78. The highest BCUT2D eigenvalue weighted by Crippen LogP contribution is 2.26. The molecule has 0 aliphatic rings. The van der Waals surface area contributed by atoms with Crippen LogP contribution in [-0.4, -0.2) is 17.3 Å². The van der Waals surface area contributed by atoms with Crippen molar-refractivity contribution in [3.63, 3.8) is 0 Å². The number of hydrogen-bond donors (Lipinski definition) is 1. The Kier molecular flexibility index (Phi) is 4.75. The van der Waals surface area contributed by atoms with E-state index < -0.39 is 5.82 Å². The number of Topliss-reactive ketones (excluding diaryl/α,β-unsaturated/α-hetero) is 1. The number of hydrogen-bond acceptors (Lipinski definition) is 3. The summed E-state index contributed by atoms with van der Waals surface area (Å²) in [4.78, 5) is 15.5. The molecule has 1 aromatic rings. The predicted molar refractivity (Wildman–Crippen MR) is 65.2 cm³/mol. The van der Waals surface area contributed by atoms with Crippen LogP contribution in [0.4, 0.5) is 4.39 Å². The molecular weight excluding hydrogens is 219 g/mol. The van der Waals surface area contributed by atoms with E-state index in [1.54, 1.807) is 0 Å². The molecule has 0 saturated heterocycles. The van der Waals surface area contributed by atoms with Crippen LogP contribution in [-0.2, 0) is 0 Å². The number of nitrogens with two attached hydrogens (primary N) is 1. The lowest BCUT2D eigenvalue weighted by Gasteiger charge is -2.23. The standard InChI is InChI=1S/C13H19FN2O/c1-13(2,5-6-15)4-3-12(17)10-7-11(14)9-16-8-10/h7-9H,3-6,15H2,1-2H3. The van der Waals surface area contributed by atoms with Gasteiger partial charge in [-0.3, -0.25) is 9.78 Å². The summed E-state index contributed by atoms with van der Waals surface area (Å²) in [6.45, 7) is 4.77. The van der Waals surface area contributed by atoms with Gasteiger partial charge in [0.1, 0.15) is 5.82 Å². The normalized spacial score (nSPS) is 11.5. The minimum Gasteiger partial charge on any atom is -0.330 e. The second-order valence-corrected chi connectivity index (χ2v) is 5.02. The Balaban J connectivity index is 2.56. The van der Waals surface area contributed by atoms with E-state index in [1.165, 1.54) is 12.3 Å². The molecule has 2 N–H and O–H groups in total. The maximum atomic E-state index is 12.9. The van der Waals surface area contributed by atoms with Crippen LogP contribution >= 0.6 is 0 Å². The van der Waals surface area contributed by atoms with Gasteiger partial charge in [-0.25, -0.2) is 4.39 Å². The van der Waals surface area contributed by atoms with Crippen LogP contribution in [0.2, 0.25) is 0 Å². The van der Waals surface area contributed by atoms with Crippen molar-refractivity contribution in [2.45, 2.75) is 33.1 Å². The van der Waals surface area contributed by atoms with Crippen LogP contribution in [0.25, 0.3) is 0 Å². The smallest absolute Gasteiger partial charge is 0.164 e. The van der Waals surface area contributed by atoms with E-state index in [9.17, 15) is 9.18 Å². The Labute approximate surface area is 101 Å². The van der Waals surface area contributed by atoms with Gasteiger partial charge in [-0.15, -0.1) is 0 Å². The molecule has 0 fully saturated rings. The third-order valence-electron chi connectivity index (χ3n) is 2.88. The summed E-state index contributed by atoms with van der Waals surface area (Å²) in [7, 11) is 0. The van der Waals surface area contributed by atoms with Gasteiger partial charge in [-0.05, 0) is 30.9 Å². The first kappa shape index (κ1) is 13.8. The van der Waals surface area contributed by atoms with Gasteiger partial charge in [0.25, 0.3) is 0 Å². The Morgan fingerprint density at radius 3 is 2.71 bits per heavy atom. The zero-order valence-electron chi connectivity index (χ0n) is 10.4. The highest BCUT2D eigenvalue weighted by molar-refractivity contribution is 5.95. The number of rotatable bonds is 6. The Bertz CT molecular complexity index is 391. The fraction of sp³-hybridized carbons (Fsp3) is 0.538. The van der Waals surface area contributed by atoms with E-state index in [-0.39, 0.29) is 11.2 Å². The zero-order chi connectivity index (χ0) is 12.9. The van der Waals surface area contributed by atoms with Crippen molar-refractivity contribution in [1.82, 2.24) is 4.98 Å². The number of aromatic nitrogens is 1. The molecule has 0 saturated carbocycles. The topological polar surface area (TPSA) is 56.0 Å². The summed E-state index contributed by atoms with van der Waals surface area (Å²) in [6.07, 6.45) is 4.52. The average molecular weight is 238 g/mol. The van der Waals surface area contributed by atoms with Crippen molar-refractivity contribution in [3.05, 3.63) is 29.8 Å². The molecule has 0 amide bonds. The number of nitrogens with zero attached hydrogens (tertiary/aromatic N) is 1. The summed E-state index contributed by atoms with van der Waals surface area (Å²) < 4.78 is 12.9. The largest absolute Gasteiger partial charge is 0.330 e. The van der Waals surface area contributed by atoms with Crippen molar-refractivity contribution in [1.29, 1.82) is 0 Å². The maximum absolute atomic E-state index is 12.9. The molecule has 3 nitrogen and oxygen atoms in total. The summed E-state index contributed by atoms with van der Waals surface area (Å²) >= 11 is 0. The quantitative estimate of drug-likeness (QED) is 0.775. The van der Waals surface area contributed by atoms with Gasteiger partial charge < -0.3 is 5.73 Å². The average Bonchev–Trinajstić information content (AvgIpc) is 2.26. The number of halogens is 1. The Morgan fingerprint density at radius 1 is 1.41 bits per heavy atom. The van der Waals surface area contributed by atoms with Crippen molar-refractivity contribution in [2.24, 2.45) is 11.1 Å². The SMILES string of the molecule is CC(C)(CCN)CCC(=O)c1cncc(F)c1. The van der Waals surface area contributed by atoms with Gasteiger partial charge in [-0.1, -0.05) is 13.8 Å². The molecule has 1 aromatic heterocycles. The lowest BCUT2D eigenvalue weighted by Crippen LogP contribution is -2.18. The van der Waals surface area contributed by atoms with Crippen molar-refractivity contribution in [2.75, 3.05) is 6.54 Å². The minimum absolute atomic E-state index is 0.0468.